The van der Waals surface area contributed by atoms with E-state index in [2.05, 4.69) is 23.2 Å². The lowest BCUT2D eigenvalue weighted by Crippen LogP contribution is -2.37. The number of para-hydroxylation sites is 2. The highest BCUT2D eigenvalue weighted by Gasteiger charge is 2.28. The number of carbonyl (C=O) groups excluding carboxylic acids is 1. The molecule has 4 rings (SSSR count). The lowest BCUT2D eigenvalue weighted by atomic mass is 10.1. The van der Waals surface area contributed by atoms with Gasteiger partial charge in [-0.05, 0) is 44.0 Å². The molecule has 1 atom stereocenters. The number of amides is 1. The summed E-state index contributed by atoms with van der Waals surface area (Å²) in [5, 5.41) is 2.85. The molecule has 1 N–H and O–H groups in total. The van der Waals surface area contributed by atoms with Gasteiger partial charge in [0.25, 0.3) is 5.56 Å². The summed E-state index contributed by atoms with van der Waals surface area (Å²) in [6.45, 7) is 4.17. The van der Waals surface area contributed by atoms with E-state index < -0.39 is 0 Å². The highest BCUT2D eigenvalue weighted by molar-refractivity contribution is 5.95. The zero-order valence-corrected chi connectivity index (χ0v) is 16.3. The summed E-state index contributed by atoms with van der Waals surface area (Å²) in [4.78, 5) is 27.8. The van der Waals surface area contributed by atoms with Crippen molar-refractivity contribution in [2.24, 2.45) is 7.05 Å². The molecule has 0 radical (unpaired) electrons. The summed E-state index contributed by atoms with van der Waals surface area (Å²) >= 11 is 0. The molecule has 1 aliphatic rings. The Labute approximate surface area is 164 Å². The Hall–Kier alpha value is -3.28. The molecule has 0 unspecified atom stereocenters. The van der Waals surface area contributed by atoms with Crippen LogP contribution in [0.15, 0.2) is 59.4 Å². The standard InChI is InChI=1S/C22H24N4O2/c1-15-13-17-9-7-8-12-19(17)25(15)14-20(27)23-21-16(2)24(3)26(22(21)28)18-10-5-4-6-11-18/h4-12,15H,13-14H2,1-3H3,(H,23,27)/t15-/m0/s1. The Balaban J connectivity index is 1.59. The fourth-order valence-corrected chi connectivity index (χ4v) is 3.92. The fourth-order valence-electron chi connectivity index (χ4n) is 3.92. The molecule has 1 aromatic heterocycles. The number of benzene rings is 2. The highest BCUT2D eigenvalue weighted by atomic mass is 16.2. The first kappa shape index (κ1) is 18.1. The summed E-state index contributed by atoms with van der Waals surface area (Å²) in [5.41, 5.74) is 3.94. The van der Waals surface area contributed by atoms with Crippen molar-refractivity contribution in [3.05, 3.63) is 76.2 Å². The summed E-state index contributed by atoms with van der Waals surface area (Å²) in [6, 6.07) is 17.8. The Morgan fingerprint density at radius 2 is 1.79 bits per heavy atom. The van der Waals surface area contributed by atoms with Gasteiger partial charge in [-0.15, -0.1) is 0 Å². The number of nitrogens with zero attached hydrogens (tertiary/aromatic N) is 3. The second-order valence-corrected chi connectivity index (χ2v) is 7.29. The van der Waals surface area contributed by atoms with E-state index in [1.165, 1.54) is 5.56 Å². The van der Waals surface area contributed by atoms with Crippen LogP contribution in [0.4, 0.5) is 11.4 Å². The van der Waals surface area contributed by atoms with Gasteiger partial charge in [-0.2, -0.15) is 0 Å². The summed E-state index contributed by atoms with van der Waals surface area (Å²) in [5.74, 6) is -0.186. The molecule has 144 valence electrons. The monoisotopic (exact) mass is 376 g/mol. The van der Waals surface area contributed by atoms with Crippen molar-refractivity contribution in [3.8, 4) is 5.69 Å². The average molecular weight is 376 g/mol. The lowest BCUT2D eigenvalue weighted by Gasteiger charge is -2.24. The molecule has 0 spiro atoms. The predicted molar refractivity (Wildman–Crippen MR) is 111 cm³/mol. The van der Waals surface area contributed by atoms with Crippen molar-refractivity contribution in [3.63, 3.8) is 0 Å². The van der Waals surface area contributed by atoms with Gasteiger partial charge >= 0.3 is 0 Å². The van der Waals surface area contributed by atoms with Gasteiger partial charge in [0, 0.05) is 18.8 Å². The smallest absolute Gasteiger partial charge is 0.295 e. The number of hydrogen-bond acceptors (Lipinski definition) is 3. The van der Waals surface area contributed by atoms with Gasteiger partial charge < -0.3 is 10.2 Å². The third-order valence-corrected chi connectivity index (χ3v) is 5.48. The molecule has 1 amide bonds. The normalized spacial score (nSPS) is 15.5. The van der Waals surface area contributed by atoms with E-state index in [0.29, 0.717) is 5.69 Å². The van der Waals surface area contributed by atoms with Crippen molar-refractivity contribution in [2.45, 2.75) is 26.3 Å². The number of hydrogen-bond donors (Lipinski definition) is 1. The van der Waals surface area contributed by atoms with E-state index >= 15 is 0 Å². The van der Waals surface area contributed by atoms with Crippen LogP contribution in [0, 0.1) is 6.92 Å². The van der Waals surface area contributed by atoms with Crippen molar-refractivity contribution < 1.29 is 4.79 Å². The second-order valence-electron chi connectivity index (χ2n) is 7.29. The van der Waals surface area contributed by atoms with Gasteiger partial charge in [-0.25, -0.2) is 4.68 Å². The van der Waals surface area contributed by atoms with E-state index in [0.717, 1.165) is 23.5 Å². The van der Waals surface area contributed by atoms with E-state index in [9.17, 15) is 9.59 Å². The van der Waals surface area contributed by atoms with E-state index in [4.69, 9.17) is 0 Å². The first-order valence-electron chi connectivity index (χ1n) is 9.46. The third kappa shape index (κ3) is 3.01. The first-order chi connectivity index (χ1) is 13.5. The largest absolute Gasteiger partial charge is 0.359 e. The van der Waals surface area contributed by atoms with Gasteiger partial charge in [0.1, 0.15) is 5.69 Å². The summed E-state index contributed by atoms with van der Waals surface area (Å²) in [6.07, 6.45) is 0.925. The maximum absolute atomic E-state index is 13.0. The molecule has 0 bridgehead atoms. The van der Waals surface area contributed by atoms with E-state index in [1.807, 2.05) is 62.5 Å². The van der Waals surface area contributed by atoms with E-state index in [-0.39, 0.29) is 24.1 Å². The zero-order valence-electron chi connectivity index (χ0n) is 16.3. The Morgan fingerprint density at radius 1 is 1.11 bits per heavy atom. The van der Waals surface area contributed by atoms with Crippen LogP contribution in [0.25, 0.3) is 5.69 Å². The van der Waals surface area contributed by atoms with Crippen LogP contribution in [0.3, 0.4) is 0 Å². The van der Waals surface area contributed by atoms with E-state index in [1.54, 1.807) is 9.36 Å². The van der Waals surface area contributed by atoms with Crippen LogP contribution < -0.4 is 15.8 Å². The van der Waals surface area contributed by atoms with Crippen LogP contribution in [0.2, 0.25) is 0 Å². The zero-order chi connectivity index (χ0) is 19.8. The van der Waals surface area contributed by atoms with Crippen molar-refractivity contribution in [2.75, 3.05) is 16.8 Å². The average Bonchev–Trinajstić information content (AvgIpc) is 3.11. The minimum atomic E-state index is -0.227. The molecule has 0 fully saturated rings. The Bertz CT molecular complexity index is 1080. The number of nitrogens with one attached hydrogen (secondary N) is 1. The molecule has 6 heteroatoms. The SMILES string of the molecule is Cc1c(NC(=O)CN2c3ccccc3C[C@@H]2C)c(=O)n(-c2ccccc2)n1C. The van der Waals surface area contributed by atoms with Gasteiger partial charge in [0.2, 0.25) is 5.91 Å². The van der Waals surface area contributed by atoms with Crippen molar-refractivity contribution >= 4 is 17.3 Å². The molecule has 2 aromatic carbocycles. The van der Waals surface area contributed by atoms with Gasteiger partial charge in [0.15, 0.2) is 0 Å². The van der Waals surface area contributed by atoms with Crippen LogP contribution >= 0.6 is 0 Å². The third-order valence-electron chi connectivity index (χ3n) is 5.48. The molecule has 6 nitrogen and oxygen atoms in total. The molecule has 3 aromatic rings. The maximum Gasteiger partial charge on any atom is 0.295 e. The molecule has 0 saturated carbocycles. The number of carbonyl (C=O) groups is 1. The number of anilines is 2. The molecule has 0 aliphatic carbocycles. The lowest BCUT2D eigenvalue weighted by molar-refractivity contribution is -0.115. The van der Waals surface area contributed by atoms with Crippen molar-refractivity contribution in [1.82, 2.24) is 9.36 Å². The maximum atomic E-state index is 13.0. The predicted octanol–water partition coefficient (Wildman–Crippen LogP) is 2.87. The molecule has 1 aliphatic heterocycles. The minimum absolute atomic E-state index is 0.186. The number of rotatable bonds is 4. The summed E-state index contributed by atoms with van der Waals surface area (Å²) < 4.78 is 3.33. The quantitative estimate of drug-likeness (QED) is 0.762. The molecular formula is C22H24N4O2. The highest BCUT2D eigenvalue weighted by Crippen LogP contribution is 2.31. The number of fused-ring (bicyclic) bond motifs is 1. The topological polar surface area (TPSA) is 59.3 Å². The van der Waals surface area contributed by atoms with Crippen LogP contribution in [-0.4, -0.2) is 27.9 Å². The van der Waals surface area contributed by atoms with Crippen molar-refractivity contribution in [1.29, 1.82) is 0 Å². The molecule has 0 saturated heterocycles. The Morgan fingerprint density at radius 3 is 2.54 bits per heavy atom. The molecular weight excluding hydrogens is 352 g/mol. The van der Waals surface area contributed by atoms with Crippen LogP contribution in [-0.2, 0) is 18.3 Å². The summed E-state index contributed by atoms with van der Waals surface area (Å²) in [7, 11) is 1.82. The molecule has 28 heavy (non-hydrogen) atoms. The first-order valence-corrected chi connectivity index (χ1v) is 9.46. The van der Waals surface area contributed by atoms with Gasteiger partial charge in [-0.1, -0.05) is 36.4 Å². The second kappa shape index (κ2) is 7.03. The number of aromatic nitrogens is 2. The van der Waals surface area contributed by atoms with Gasteiger partial charge in [0.05, 0.1) is 17.9 Å². The Kier molecular flexibility index (Phi) is 4.55. The molecule has 2 heterocycles. The van der Waals surface area contributed by atoms with Crippen LogP contribution in [0.1, 0.15) is 18.2 Å². The minimum Gasteiger partial charge on any atom is -0.359 e. The van der Waals surface area contributed by atoms with Crippen LogP contribution in [0.5, 0.6) is 0 Å². The fraction of sp³-hybridized carbons (Fsp3) is 0.273. The van der Waals surface area contributed by atoms with Gasteiger partial charge in [-0.3, -0.25) is 14.3 Å².